The van der Waals surface area contributed by atoms with Crippen molar-refractivity contribution in [3.8, 4) is 0 Å². The van der Waals surface area contributed by atoms with Gasteiger partial charge in [0.1, 0.15) is 12.9 Å². The Balaban J connectivity index is 1.50. The molecule has 1 amide bonds. The minimum absolute atomic E-state index is 0.152. The minimum atomic E-state index is -0.448. The van der Waals surface area contributed by atoms with Crippen molar-refractivity contribution in [3.05, 3.63) is 23.3 Å². The molecule has 1 aromatic rings. The monoisotopic (exact) mass is 376 g/mol. The molecule has 1 spiro atoms. The number of benzene rings is 1. The van der Waals surface area contributed by atoms with E-state index >= 15 is 0 Å². The average molecular weight is 376 g/mol. The molecule has 1 atom stereocenters. The highest BCUT2D eigenvalue weighted by Crippen LogP contribution is 2.39. The molecule has 4 rings (SSSR count). The molecule has 0 bridgehead atoms. The van der Waals surface area contributed by atoms with Gasteiger partial charge in [0, 0.05) is 29.9 Å². The number of hydrogen-bond donors (Lipinski definition) is 1. The SMILES string of the molecule is Cc1cc(N2C[C@H](CO)OC2=O)cc(C)c1N1CCC2(CC1)COCOC2. The van der Waals surface area contributed by atoms with Crippen molar-refractivity contribution in [2.75, 3.05) is 56.0 Å². The number of hydrogen-bond acceptors (Lipinski definition) is 6. The number of cyclic esters (lactones) is 1. The van der Waals surface area contributed by atoms with Crippen LogP contribution < -0.4 is 9.80 Å². The number of amides is 1. The summed E-state index contributed by atoms with van der Waals surface area (Å²) in [6.45, 7) is 8.38. The van der Waals surface area contributed by atoms with Crippen molar-refractivity contribution in [3.63, 3.8) is 0 Å². The molecule has 27 heavy (non-hydrogen) atoms. The highest BCUT2D eigenvalue weighted by molar-refractivity contribution is 5.90. The van der Waals surface area contributed by atoms with Crippen LogP contribution in [0.5, 0.6) is 0 Å². The van der Waals surface area contributed by atoms with Gasteiger partial charge in [-0.05, 0) is 49.9 Å². The third-order valence-corrected chi connectivity index (χ3v) is 5.99. The zero-order valence-corrected chi connectivity index (χ0v) is 16.1. The smallest absolute Gasteiger partial charge is 0.414 e. The molecule has 3 saturated heterocycles. The normalized spacial score (nSPS) is 25.1. The van der Waals surface area contributed by atoms with Gasteiger partial charge in [-0.3, -0.25) is 4.90 Å². The number of anilines is 2. The number of carbonyl (C=O) groups is 1. The molecule has 0 saturated carbocycles. The molecule has 0 aliphatic carbocycles. The topological polar surface area (TPSA) is 71.5 Å². The van der Waals surface area contributed by atoms with E-state index in [-0.39, 0.29) is 12.0 Å². The standard InChI is InChI=1S/C20H28N2O5/c1-14-7-16(22-9-17(10-23)27-19(22)24)8-15(2)18(14)21-5-3-20(4-6-21)11-25-13-26-12-20/h7-8,17,23H,3-6,9-13H2,1-2H3/t17-/m1/s1. The van der Waals surface area contributed by atoms with Crippen LogP contribution in [0.15, 0.2) is 12.1 Å². The number of aliphatic hydroxyl groups is 1. The van der Waals surface area contributed by atoms with Crippen LogP contribution in [0.4, 0.5) is 16.2 Å². The Morgan fingerprint density at radius 3 is 2.33 bits per heavy atom. The van der Waals surface area contributed by atoms with Gasteiger partial charge in [-0.2, -0.15) is 0 Å². The molecule has 148 valence electrons. The van der Waals surface area contributed by atoms with Crippen LogP contribution in [0.3, 0.4) is 0 Å². The fraction of sp³-hybridized carbons (Fsp3) is 0.650. The van der Waals surface area contributed by atoms with Crippen LogP contribution in [0, 0.1) is 19.3 Å². The molecule has 3 fully saturated rings. The van der Waals surface area contributed by atoms with Gasteiger partial charge in [-0.1, -0.05) is 0 Å². The van der Waals surface area contributed by atoms with Crippen LogP contribution in [-0.4, -0.2) is 63.6 Å². The van der Waals surface area contributed by atoms with Gasteiger partial charge >= 0.3 is 6.09 Å². The van der Waals surface area contributed by atoms with E-state index in [1.54, 1.807) is 4.90 Å². The quantitative estimate of drug-likeness (QED) is 0.872. The Bertz CT molecular complexity index is 683. The van der Waals surface area contributed by atoms with E-state index in [1.807, 2.05) is 12.1 Å². The predicted octanol–water partition coefficient (Wildman–Crippen LogP) is 2.21. The van der Waals surface area contributed by atoms with E-state index in [4.69, 9.17) is 14.2 Å². The van der Waals surface area contributed by atoms with Gasteiger partial charge in [0.15, 0.2) is 0 Å². The first kappa shape index (κ1) is 18.5. The summed E-state index contributed by atoms with van der Waals surface area (Å²) < 4.78 is 16.3. The van der Waals surface area contributed by atoms with Crippen molar-refractivity contribution in [2.24, 2.45) is 5.41 Å². The Morgan fingerprint density at radius 1 is 1.15 bits per heavy atom. The summed E-state index contributed by atoms with van der Waals surface area (Å²) in [5, 5.41) is 9.25. The van der Waals surface area contributed by atoms with Gasteiger partial charge < -0.3 is 24.2 Å². The fourth-order valence-electron chi connectivity index (χ4n) is 4.53. The highest BCUT2D eigenvalue weighted by Gasteiger charge is 2.38. The second kappa shape index (κ2) is 7.30. The van der Waals surface area contributed by atoms with E-state index in [2.05, 4.69) is 18.7 Å². The first-order chi connectivity index (χ1) is 13.0. The molecule has 3 aliphatic rings. The molecule has 1 N–H and O–H groups in total. The van der Waals surface area contributed by atoms with E-state index in [0.717, 1.165) is 56.0 Å². The summed E-state index contributed by atoms with van der Waals surface area (Å²) in [5.41, 5.74) is 4.54. The first-order valence-electron chi connectivity index (χ1n) is 9.62. The van der Waals surface area contributed by atoms with Gasteiger partial charge in [-0.15, -0.1) is 0 Å². The maximum atomic E-state index is 12.1. The van der Waals surface area contributed by atoms with Gasteiger partial charge in [0.2, 0.25) is 0 Å². The lowest BCUT2D eigenvalue weighted by Gasteiger charge is -2.44. The third-order valence-electron chi connectivity index (χ3n) is 5.99. The maximum Gasteiger partial charge on any atom is 0.414 e. The Kier molecular flexibility index (Phi) is 5.01. The van der Waals surface area contributed by atoms with Crippen molar-refractivity contribution in [1.82, 2.24) is 0 Å². The van der Waals surface area contributed by atoms with Crippen LogP contribution in [0.1, 0.15) is 24.0 Å². The summed E-state index contributed by atoms with van der Waals surface area (Å²) in [5.74, 6) is 0. The maximum absolute atomic E-state index is 12.1. The molecular weight excluding hydrogens is 348 g/mol. The van der Waals surface area contributed by atoms with Crippen LogP contribution in [0.2, 0.25) is 0 Å². The van der Waals surface area contributed by atoms with Crippen LogP contribution >= 0.6 is 0 Å². The fourth-order valence-corrected chi connectivity index (χ4v) is 4.53. The summed E-state index contributed by atoms with van der Waals surface area (Å²) >= 11 is 0. The second-order valence-corrected chi connectivity index (χ2v) is 8.03. The van der Waals surface area contributed by atoms with Gasteiger partial charge in [0.25, 0.3) is 0 Å². The minimum Gasteiger partial charge on any atom is -0.441 e. The van der Waals surface area contributed by atoms with Crippen molar-refractivity contribution in [1.29, 1.82) is 0 Å². The van der Waals surface area contributed by atoms with Crippen molar-refractivity contribution < 1.29 is 24.1 Å². The Labute approximate surface area is 159 Å². The van der Waals surface area contributed by atoms with Crippen LogP contribution in [-0.2, 0) is 14.2 Å². The Morgan fingerprint density at radius 2 is 1.78 bits per heavy atom. The number of aliphatic hydroxyl groups excluding tert-OH is 1. The van der Waals surface area contributed by atoms with Crippen LogP contribution in [0.25, 0.3) is 0 Å². The summed E-state index contributed by atoms with van der Waals surface area (Å²) in [6, 6.07) is 4.08. The number of rotatable bonds is 3. The second-order valence-electron chi connectivity index (χ2n) is 8.03. The number of nitrogens with zero attached hydrogens (tertiary/aromatic N) is 2. The number of aryl methyl sites for hydroxylation is 2. The Hall–Kier alpha value is -1.83. The molecule has 0 aromatic heterocycles. The lowest BCUT2D eigenvalue weighted by atomic mass is 9.79. The van der Waals surface area contributed by atoms with E-state index < -0.39 is 12.2 Å². The zero-order valence-electron chi connectivity index (χ0n) is 16.1. The lowest BCUT2D eigenvalue weighted by molar-refractivity contribution is -0.170. The third kappa shape index (κ3) is 3.51. The largest absolute Gasteiger partial charge is 0.441 e. The average Bonchev–Trinajstić information content (AvgIpc) is 3.04. The molecule has 7 nitrogen and oxygen atoms in total. The molecule has 7 heteroatoms. The molecule has 0 radical (unpaired) electrons. The summed E-state index contributed by atoms with van der Waals surface area (Å²) in [4.78, 5) is 16.1. The molecule has 0 unspecified atom stereocenters. The molecule has 3 heterocycles. The molecule has 1 aromatic carbocycles. The predicted molar refractivity (Wildman–Crippen MR) is 101 cm³/mol. The lowest BCUT2D eigenvalue weighted by Crippen LogP contribution is -2.47. The zero-order chi connectivity index (χ0) is 19.0. The van der Waals surface area contributed by atoms with E-state index in [9.17, 15) is 9.90 Å². The van der Waals surface area contributed by atoms with E-state index in [0.29, 0.717) is 13.3 Å². The first-order valence-corrected chi connectivity index (χ1v) is 9.62. The summed E-state index contributed by atoms with van der Waals surface area (Å²) in [6.07, 6.45) is 1.28. The number of carbonyl (C=O) groups excluding carboxylic acids is 1. The highest BCUT2D eigenvalue weighted by atomic mass is 16.7. The molecular formula is C20H28N2O5. The van der Waals surface area contributed by atoms with Crippen molar-refractivity contribution in [2.45, 2.75) is 32.8 Å². The number of ether oxygens (including phenoxy) is 3. The van der Waals surface area contributed by atoms with E-state index in [1.165, 1.54) is 5.69 Å². The van der Waals surface area contributed by atoms with Crippen molar-refractivity contribution >= 4 is 17.5 Å². The van der Waals surface area contributed by atoms with Gasteiger partial charge in [0.05, 0.1) is 26.4 Å². The molecule has 3 aliphatic heterocycles. The number of piperidine rings is 1. The summed E-state index contributed by atoms with van der Waals surface area (Å²) in [7, 11) is 0. The van der Waals surface area contributed by atoms with Gasteiger partial charge in [-0.25, -0.2) is 4.79 Å².